The Morgan fingerprint density at radius 2 is 1.50 bits per heavy atom. The molecular weight excluding hydrogens is 486 g/mol. The molecule has 0 N–H and O–H groups in total. The lowest BCUT2D eigenvalue weighted by molar-refractivity contribution is -0.000429. The number of nitrogens with zero attached hydrogens (tertiary/aromatic N) is 3. The van der Waals surface area contributed by atoms with Crippen molar-refractivity contribution in [2.24, 2.45) is 22.7 Å². The van der Waals surface area contributed by atoms with Crippen LogP contribution in [-0.4, -0.2) is 26.8 Å². The normalized spacial score (nSPS) is 33.1. The van der Waals surface area contributed by atoms with Crippen LogP contribution in [0.5, 0.6) is 0 Å². The minimum atomic E-state index is -0.172. The zero-order chi connectivity index (χ0) is 20.7. The van der Waals surface area contributed by atoms with Gasteiger partial charge in [-0.3, -0.25) is 19.5 Å². The fourth-order valence-corrected chi connectivity index (χ4v) is 8.28. The highest BCUT2D eigenvalue weighted by molar-refractivity contribution is 8.93. The summed E-state index contributed by atoms with van der Waals surface area (Å²) in [5.74, 6) is 2.29. The van der Waals surface area contributed by atoms with Gasteiger partial charge in [-0.1, -0.05) is 12.1 Å². The molecule has 168 valence electrons. The molecule has 0 unspecified atom stereocenters. The number of thiazole rings is 1. The van der Waals surface area contributed by atoms with E-state index in [1.165, 1.54) is 56.3 Å². The van der Waals surface area contributed by atoms with E-state index in [9.17, 15) is 9.59 Å². The van der Waals surface area contributed by atoms with Crippen molar-refractivity contribution in [3.63, 3.8) is 0 Å². The Hall–Kier alpha value is -1.73. The first-order chi connectivity index (χ1) is 15.1. The molecule has 5 saturated carbocycles. The van der Waals surface area contributed by atoms with Gasteiger partial charge in [0.05, 0.1) is 28.9 Å². The van der Waals surface area contributed by atoms with Crippen molar-refractivity contribution in [3.8, 4) is 0 Å². The quantitative estimate of drug-likeness (QED) is 0.532. The molecule has 0 saturated heterocycles. The predicted octanol–water partition coefficient (Wildman–Crippen LogP) is 5.13. The van der Waals surface area contributed by atoms with Crippen molar-refractivity contribution in [3.05, 3.63) is 51.3 Å². The average Bonchev–Trinajstić information content (AvgIpc) is 3.46. The molecule has 4 bridgehead atoms. The van der Waals surface area contributed by atoms with E-state index in [0.29, 0.717) is 23.7 Å². The van der Waals surface area contributed by atoms with Crippen molar-refractivity contribution in [2.45, 2.75) is 69.5 Å². The minimum Gasteiger partial charge on any atom is -0.316 e. The number of hydrogen-bond donors (Lipinski definition) is 0. The van der Waals surface area contributed by atoms with E-state index in [0.717, 1.165) is 28.2 Å². The van der Waals surface area contributed by atoms with Gasteiger partial charge in [0.2, 0.25) is 0 Å². The monoisotopic (exact) mass is 513 g/mol. The van der Waals surface area contributed by atoms with E-state index in [1.54, 1.807) is 23.5 Å². The summed E-state index contributed by atoms with van der Waals surface area (Å²) in [5.41, 5.74) is 2.26. The number of carbonyl (C=O) groups is 2. The van der Waals surface area contributed by atoms with Crippen LogP contribution < -0.4 is 4.80 Å². The minimum absolute atomic E-state index is 0. The summed E-state index contributed by atoms with van der Waals surface area (Å²) in [7, 11) is 0. The van der Waals surface area contributed by atoms with E-state index in [2.05, 4.69) is 9.95 Å². The van der Waals surface area contributed by atoms with E-state index in [4.69, 9.17) is 4.99 Å². The molecule has 2 amide bonds. The first kappa shape index (κ1) is 20.8. The van der Waals surface area contributed by atoms with Gasteiger partial charge in [0.1, 0.15) is 0 Å². The molecule has 0 spiro atoms. The number of hydrogen-bond acceptors (Lipinski definition) is 4. The van der Waals surface area contributed by atoms with Crippen LogP contribution in [0.2, 0.25) is 0 Å². The SMILES string of the molecule is Br.O=C1c2ccccc2C(=O)N1Cc1csc(=NC23CC4CC(CC(C4)C2)C3)n1C1CC1. The van der Waals surface area contributed by atoms with Crippen LogP contribution in [0.4, 0.5) is 0 Å². The third-order valence-electron chi connectivity index (χ3n) is 8.26. The third-order valence-corrected chi connectivity index (χ3v) is 9.15. The number of aromatic nitrogens is 1. The highest BCUT2D eigenvalue weighted by atomic mass is 79.9. The summed E-state index contributed by atoms with van der Waals surface area (Å²) in [5, 5.41) is 2.14. The summed E-state index contributed by atoms with van der Waals surface area (Å²) in [6, 6.07) is 7.64. The summed E-state index contributed by atoms with van der Waals surface area (Å²) < 4.78 is 2.37. The zero-order valence-electron chi connectivity index (χ0n) is 18.0. The van der Waals surface area contributed by atoms with Crippen LogP contribution >= 0.6 is 28.3 Å². The Morgan fingerprint density at radius 3 is 2.03 bits per heavy atom. The number of carbonyl (C=O) groups excluding carboxylic acids is 2. The van der Waals surface area contributed by atoms with Crippen LogP contribution in [-0.2, 0) is 6.54 Å². The van der Waals surface area contributed by atoms with Gasteiger partial charge < -0.3 is 4.57 Å². The fraction of sp³-hybridized carbons (Fsp3) is 0.560. The maximum Gasteiger partial charge on any atom is 0.261 e. The highest BCUT2D eigenvalue weighted by Crippen LogP contribution is 2.57. The van der Waals surface area contributed by atoms with E-state index < -0.39 is 0 Å². The molecule has 2 aromatic rings. The van der Waals surface area contributed by atoms with Gasteiger partial charge in [-0.2, -0.15) is 0 Å². The standard InChI is InChI=1S/C25H27N3O2S.BrH/c29-22-20-3-1-2-4-21(20)23(30)27(22)13-19-14-31-24(28(19)18-5-6-18)26-25-10-15-7-16(11-25)9-17(8-15)12-25;/h1-4,14-18H,5-13H2;1H. The summed E-state index contributed by atoms with van der Waals surface area (Å²) in [6.45, 7) is 0.343. The Labute approximate surface area is 202 Å². The summed E-state index contributed by atoms with van der Waals surface area (Å²) in [6.07, 6.45) is 10.4. The Bertz CT molecular complexity index is 1110. The predicted molar refractivity (Wildman–Crippen MR) is 128 cm³/mol. The molecule has 7 heteroatoms. The zero-order valence-corrected chi connectivity index (χ0v) is 20.6. The molecule has 1 aliphatic heterocycles. The molecule has 32 heavy (non-hydrogen) atoms. The Morgan fingerprint density at radius 1 is 0.938 bits per heavy atom. The average molecular weight is 514 g/mol. The smallest absolute Gasteiger partial charge is 0.261 e. The van der Waals surface area contributed by atoms with E-state index in [-0.39, 0.29) is 34.3 Å². The van der Waals surface area contributed by atoms with Gasteiger partial charge in [0.15, 0.2) is 4.80 Å². The molecule has 1 aromatic heterocycles. The van der Waals surface area contributed by atoms with Gasteiger partial charge in [0, 0.05) is 11.4 Å². The summed E-state index contributed by atoms with van der Waals surface area (Å²) >= 11 is 1.71. The first-order valence-electron chi connectivity index (χ1n) is 11.8. The van der Waals surface area contributed by atoms with Crippen LogP contribution in [0.15, 0.2) is 34.6 Å². The third kappa shape index (κ3) is 3.18. The van der Waals surface area contributed by atoms with Crippen LogP contribution in [0.25, 0.3) is 0 Å². The number of amides is 2. The fourth-order valence-electron chi connectivity index (χ4n) is 7.22. The maximum atomic E-state index is 12.9. The van der Waals surface area contributed by atoms with Gasteiger partial charge >= 0.3 is 0 Å². The van der Waals surface area contributed by atoms with Crippen LogP contribution in [0.1, 0.15) is 83.8 Å². The molecular formula is C25H28BrN3O2S. The van der Waals surface area contributed by atoms with Gasteiger partial charge in [0.25, 0.3) is 11.8 Å². The number of imide groups is 1. The molecule has 5 aliphatic carbocycles. The van der Waals surface area contributed by atoms with Crippen molar-refractivity contribution in [2.75, 3.05) is 0 Å². The molecule has 1 aromatic carbocycles. The number of benzene rings is 1. The second kappa shape index (κ2) is 7.39. The topological polar surface area (TPSA) is 54.7 Å². The van der Waals surface area contributed by atoms with Crippen molar-refractivity contribution >= 4 is 40.1 Å². The van der Waals surface area contributed by atoms with Gasteiger partial charge in [-0.15, -0.1) is 28.3 Å². The number of halogens is 1. The maximum absolute atomic E-state index is 12.9. The van der Waals surface area contributed by atoms with Gasteiger partial charge in [-0.25, -0.2) is 0 Å². The second-order valence-corrected chi connectivity index (χ2v) is 11.4. The molecule has 0 radical (unpaired) electrons. The van der Waals surface area contributed by atoms with Gasteiger partial charge in [-0.05, 0) is 81.3 Å². The second-order valence-electron chi connectivity index (χ2n) is 10.6. The molecule has 5 nitrogen and oxygen atoms in total. The number of rotatable bonds is 4. The van der Waals surface area contributed by atoms with Crippen molar-refractivity contribution < 1.29 is 9.59 Å². The van der Waals surface area contributed by atoms with Crippen LogP contribution in [0.3, 0.4) is 0 Å². The van der Waals surface area contributed by atoms with E-state index in [1.807, 2.05) is 12.1 Å². The molecule has 0 atom stereocenters. The Kier molecular flexibility index (Phi) is 4.81. The molecule has 8 rings (SSSR count). The Balaban J connectivity index is 0.00000196. The lowest BCUT2D eigenvalue weighted by atomic mass is 9.53. The molecule has 6 aliphatic rings. The van der Waals surface area contributed by atoms with Crippen molar-refractivity contribution in [1.82, 2.24) is 9.47 Å². The molecule has 2 heterocycles. The highest BCUT2D eigenvalue weighted by Gasteiger charge is 2.51. The lowest BCUT2D eigenvalue weighted by Crippen LogP contribution is -2.50. The summed E-state index contributed by atoms with van der Waals surface area (Å²) in [4.78, 5) is 33.8. The number of fused-ring (bicyclic) bond motifs is 1. The van der Waals surface area contributed by atoms with E-state index >= 15 is 0 Å². The van der Waals surface area contributed by atoms with Crippen molar-refractivity contribution in [1.29, 1.82) is 0 Å². The largest absolute Gasteiger partial charge is 0.316 e. The first-order valence-corrected chi connectivity index (χ1v) is 12.7. The lowest BCUT2D eigenvalue weighted by Gasteiger charge is -2.54. The molecule has 5 fully saturated rings. The van der Waals surface area contributed by atoms with Crippen LogP contribution in [0, 0.1) is 17.8 Å².